The van der Waals surface area contributed by atoms with Crippen molar-refractivity contribution in [2.75, 3.05) is 26.0 Å². The van der Waals surface area contributed by atoms with Gasteiger partial charge in [0.1, 0.15) is 4.90 Å². The molecule has 1 aromatic rings. The lowest BCUT2D eigenvalue weighted by Crippen LogP contribution is -2.27. The first-order chi connectivity index (χ1) is 10.3. The molecule has 0 spiro atoms. The number of unbranched alkanes of at least 4 members (excludes halogenated alkanes) is 1. The number of nitrogens with one attached hydrogen (secondary N) is 1. The van der Waals surface area contributed by atoms with Crippen molar-refractivity contribution < 1.29 is 21.6 Å². The summed E-state index contributed by atoms with van der Waals surface area (Å²) in [6.07, 6.45) is 3.55. The molecule has 1 rings (SSSR count). The first-order valence-electron chi connectivity index (χ1n) is 7.15. The third-order valence-electron chi connectivity index (χ3n) is 2.94. The molecule has 0 aliphatic rings. The van der Waals surface area contributed by atoms with Crippen LogP contribution in [0.3, 0.4) is 0 Å². The minimum Gasteiger partial charge on any atom is -0.381 e. The first-order valence-corrected chi connectivity index (χ1v) is 10.5. The maximum atomic E-state index is 12.2. The Morgan fingerprint density at radius 2 is 1.59 bits per heavy atom. The Balaban J connectivity index is 2.65. The van der Waals surface area contributed by atoms with E-state index in [1.54, 1.807) is 0 Å². The van der Waals surface area contributed by atoms with Gasteiger partial charge in [-0.05, 0) is 25.0 Å². The molecular formula is C14H23NO5S2. The smallest absolute Gasteiger partial charge is 0.241 e. The Morgan fingerprint density at radius 1 is 1.00 bits per heavy atom. The van der Waals surface area contributed by atoms with Gasteiger partial charge in [0, 0.05) is 26.0 Å². The van der Waals surface area contributed by atoms with E-state index in [4.69, 9.17) is 4.74 Å². The third kappa shape index (κ3) is 6.04. The van der Waals surface area contributed by atoms with Crippen molar-refractivity contribution in [1.29, 1.82) is 0 Å². The number of ether oxygens (including phenoxy) is 1. The van der Waals surface area contributed by atoms with E-state index in [9.17, 15) is 16.8 Å². The molecule has 0 fully saturated rings. The zero-order valence-corrected chi connectivity index (χ0v) is 14.5. The van der Waals surface area contributed by atoms with Crippen molar-refractivity contribution in [2.45, 2.75) is 36.0 Å². The first kappa shape index (κ1) is 19.1. The van der Waals surface area contributed by atoms with Crippen LogP contribution in [0.5, 0.6) is 0 Å². The summed E-state index contributed by atoms with van der Waals surface area (Å²) >= 11 is 0. The molecule has 0 aromatic heterocycles. The van der Waals surface area contributed by atoms with Crippen molar-refractivity contribution in [2.24, 2.45) is 0 Å². The molecule has 0 bridgehead atoms. The fourth-order valence-electron chi connectivity index (χ4n) is 1.79. The van der Waals surface area contributed by atoms with E-state index in [0.29, 0.717) is 19.6 Å². The fraction of sp³-hybridized carbons (Fsp3) is 0.571. The Kier molecular flexibility index (Phi) is 7.47. The van der Waals surface area contributed by atoms with Crippen molar-refractivity contribution in [3.05, 3.63) is 24.3 Å². The fourth-order valence-corrected chi connectivity index (χ4v) is 4.49. The lowest BCUT2D eigenvalue weighted by molar-refractivity contribution is 0.130. The summed E-state index contributed by atoms with van der Waals surface area (Å²) < 4.78 is 55.5. The van der Waals surface area contributed by atoms with Gasteiger partial charge in [-0.25, -0.2) is 21.6 Å². The highest BCUT2D eigenvalue weighted by atomic mass is 32.2. The van der Waals surface area contributed by atoms with Gasteiger partial charge in [0.15, 0.2) is 9.84 Å². The van der Waals surface area contributed by atoms with Gasteiger partial charge >= 0.3 is 0 Å². The van der Waals surface area contributed by atoms with Crippen LogP contribution < -0.4 is 4.72 Å². The Morgan fingerprint density at radius 3 is 2.18 bits per heavy atom. The molecule has 8 heteroatoms. The quantitative estimate of drug-likeness (QED) is 0.648. The maximum Gasteiger partial charge on any atom is 0.241 e. The minimum atomic E-state index is -3.86. The zero-order valence-electron chi connectivity index (χ0n) is 12.9. The lowest BCUT2D eigenvalue weighted by Gasteiger charge is -2.10. The van der Waals surface area contributed by atoms with Crippen molar-refractivity contribution in [1.82, 2.24) is 4.72 Å². The molecule has 0 aliphatic carbocycles. The van der Waals surface area contributed by atoms with Gasteiger partial charge in [-0.1, -0.05) is 25.5 Å². The van der Waals surface area contributed by atoms with Gasteiger partial charge in [0.2, 0.25) is 10.0 Å². The van der Waals surface area contributed by atoms with E-state index in [0.717, 1.165) is 19.1 Å². The Hall–Kier alpha value is -0.960. The summed E-state index contributed by atoms with van der Waals surface area (Å²) in [6, 6.07) is 5.57. The second kappa shape index (κ2) is 8.61. The van der Waals surface area contributed by atoms with Gasteiger partial charge < -0.3 is 4.74 Å². The van der Waals surface area contributed by atoms with E-state index >= 15 is 0 Å². The summed E-state index contributed by atoms with van der Waals surface area (Å²) in [5.41, 5.74) is 0. The average molecular weight is 349 g/mol. The zero-order chi connectivity index (χ0) is 16.6. The number of rotatable bonds is 10. The lowest BCUT2D eigenvalue weighted by atomic mass is 10.4. The van der Waals surface area contributed by atoms with Gasteiger partial charge in [0.05, 0.1) is 4.90 Å². The van der Waals surface area contributed by atoms with E-state index in [1.807, 2.05) is 0 Å². The van der Waals surface area contributed by atoms with E-state index in [-0.39, 0.29) is 16.3 Å². The minimum absolute atomic E-state index is 0.193. The standard InChI is InChI=1S/C14H23NO5S2/c1-3-4-11-20-12-7-10-15-22(18,19)14-9-6-5-8-13(14)21(2,16)17/h5-6,8-9,15H,3-4,7,10-12H2,1-2H3. The van der Waals surface area contributed by atoms with Crippen LogP contribution in [-0.4, -0.2) is 42.8 Å². The highest BCUT2D eigenvalue weighted by molar-refractivity contribution is 7.93. The number of hydrogen-bond acceptors (Lipinski definition) is 5. The Bertz CT molecular complexity index is 668. The molecule has 1 N–H and O–H groups in total. The summed E-state index contributed by atoms with van der Waals surface area (Å²) in [7, 11) is -7.46. The second-order valence-electron chi connectivity index (χ2n) is 4.94. The molecule has 0 saturated heterocycles. The normalized spacial score (nSPS) is 12.5. The van der Waals surface area contributed by atoms with Crippen LogP contribution >= 0.6 is 0 Å². The van der Waals surface area contributed by atoms with Gasteiger partial charge in [0.25, 0.3) is 0 Å². The van der Waals surface area contributed by atoms with Crippen molar-refractivity contribution in [3.63, 3.8) is 0 Å². The number of sulfonamides is 1. The van der Waals surface area contributed by atoms with E-state index < -0.39 is 19.9 Å². The molecule has 22 heavy (non-hydrogen) atoms. The van der Waals surface area contributed by atoms with Crippen LogP contribution in [0.15, 0.2) is 34.1 Å². The topological polar surface area (TPSA) is 89.5 Å². The van der Waals surface area contributed by atoms with Gasteiger partial charge in [-0.3, -0.25) is 0 Å². The van der Waals surface area contributed by atoms with Crippen LogP contribution in [0.1, 0.15) is 26.2 Å². The highest BCUT2D eigenvalue weighted by Gasteiger charge is 2.22. The molecule has 6 nitrogen and oxygen atoms in total. The monoisotopic (exact) mass is 349 g/mol. The molecule has 126 valence electrons. The van der Waals surface area contributed by atoms with Crippen LogP contribution in [0.4, 0.5) is 0 Å². The SMILES string of the molecule is CCCCOCCCNS(=O)(=O)c1ccccc1S(C)(=O)=O. The predicted octanol–water partition coefficient (Wildman–Crippen LogP) is 1.58. The number of hydrogen-bond donors (Lipinski definition) is 1. The summed E-state index contributed by atoms with van der Waals surface area (Å²) in [4.78, 5) is -0.411. The van der Waals surface area contributed by atoms with Gasteiger partial charge in [-0.15, -0.1) is 0 Å². The molecular weight excluding hydrogens is 326 g/mol. The molecule has 0 atom stereocenters. The van der Waals surface area contributed by atoms with Crippen molar-refractivity contribution in [3.8, 4) is 0 Å². The van der Waals surface area contributed by atoms with Crippen LogP contribution in [0.25, 0.3) is 0 Å². The summed E-state index contributed by atoms with van der Waals surface area (Å²) in [5, 5.41) is 0. The molecule has 0 unspecified atom stereocenters. The average Bonchev–Trinajstić information content (AvgIpc) is 2.45. The highest BCUT2D eigenvalue weighted by Crippen LogP contribution is 2.20. The second-order valence-corrected chi connectivity index (χ2v) is 8.66. The Labute approximate surface area is 132 Å². The molecule has 0 radical (unpaired) electrons. The van der Waals surface area contributed by atoms with Gasteiger partial charge in [-0.2, -0.15) is 0 Å². The third-order valence-corrected chi connectivity index (χ3v) is 5.74. The molecule has 0 saturated carbocycles. The predicted molar refractivity (Wildman–Crippen MR) is 85.1 cm³/mol. The van der Waals surface area contributed by atoms with Crippen molar-refractivity contribution >= 4 is 19.9 Å². The van der Waals surface area contributed by atoms with E-state index in [2.05, 4.69) is 11.6 Å². The molecule has 0 amide bonds. The molecule has 1 aromatic carbocycles. The summed E-state index contributed by atoms with van der Waals surface area (Å²) in [5.74, 6) is 0. The number of sulfone groups is 1. The van der Waals surface area contributed by atoms with Crippen LogP contribution in [-0.2, 0) is 24.6 Å². The van der Waals surface area contributed by atoms with Crippen LogP contribution in [0.2, 0.25) is 0 Å². The van der Waals surface area contributed by atoms with E-state index in [1.165, 1.54) is 24.3 Å². The molecule has 0 heterocycles. The largest absolute Gasteiger partial charge is 0.381 e. The van der Waals surface area contributed by atoms with Crippen LogP contribution in [0, 0.1) is 0 Å². The summed E-state index contributed by atoms with van der Waals surface area (Å²) in [6.45, 7) is 3.40. The molecule has 0 aliphatic heterocycles. The number of benzene rings is 1. The maximum absolute atomic E-state index is 12.2.